The van der Waals surface area contributed by atoms with Crippen molar-refractivity contribution in [2.45, 2.75) is 46.8 Å². The fraction of sp³-hybridized carbons (Fsp3) is 0.625. The van der Waals surface area contributed by atoms with E-state index in [0.717, 1.165) is 0 Å². The molecule has 0 bridgehead atoms. The largest absolute Gasteiger partial charge is 0.391 e. The highest BCUT2D eigenvalue weighted by Crippen LogP contribution is 2.18. The van der Waals surface area contributed by atoms with Gasteiger partial charge in [-0.3, -0.25) is 9.59 Å². The van der Waals surface area contributed by atoms with Gasteiger partial charge in [0.15, 0.2) is 0 Å². The molecule has 2 atom stereocenters. The van der Waals surface area contributed by atoms with Gasteiger partial charge in [-0.15, -0.1) is 11.3 Å². The smallest absolute Gasteiger partial charge is 0.262 e. The number of nitrogens with one attached hydrogen (secondary N) is 2. The predicted octanol–water partition coefficient (Wildman–Crippen LogP) is 2.03. The molecule has 2 unspecified atom stereocenters. The molecule has 0 radical (unpaired) electrons. The minimum atomic E-state index is -0.641. The van der Waals surface area contributed by atoms with Crippen molar-refractivity contribution >= 4 is 23.2 Å². The van der Waals surface area contributed by atoms with Gasteiger partial charge in [0.1, 0.15) is 6.04 Å². The quantitative estimate of drug-likeness (QED) is 0.748. The van der Waals surface area contributed by atoms with Gasteiger partial charge in [0.05, 0.1) is 11.0 Å². The lowest BCUT2D eigenvalue weighted by atomic mass is 9.89. The molecule has 0 aliphatic carbocycles. The number of aliphatic hydroxyl groups excluding tert-OH is 1. The first-order valence-corrected chi connectivity index (χ1v) is 8.31. The Kier molecular flexibility index (Phi) is 6.56. The van der Waals surface area contributed by atoms with Gasteiger partial charge in [-0.05, 0) is 22.8 Å². The Labute approximate surface area is 136 Å². The normalized spacial score (nSPS) is 14.5. The molecule has 0 aromatic carbocycles. The van der Waals surface area contributed by atoms with Crippen molar-refractivity contribution in [3.05, 3.63) is 22.4 Å². The summed E-state index contributed by atoms with van der Waals surface area (Å²) in [6.45, 7) is 9.63. The van der Waals surface area contributed by atoms with E-state index >= 15 is 0 Å². The molecule has 124 valence electrons. The molecule has 0 saturated heterocycles. The second-order valence-electron chi connectivity index (χ2n) is 6.80. The summed E-state index contributed by atoms with van der Waals surface area (Å²) in [5.41, 5.74) is -0.305. The van der Waals surface area contributed by atoms with Crippen LogP contribution in [0, 0.1) is 11.3 Å². The Balaban J connectivity index is 2.63. The average molecular weight is 326 g/mol. The van der Waals surface area contributed by atoms with E-state index in [1.807, 2.05) is 40.0 Å². The summed E-state index contributed by atoms with van der Waals surface area (Å²) in [5, 5.41) is 17.3. The number of amides is 2. The summed E-state index contributed by atoms with van der Waals surface area (Å²) in [4.78, 5) is 25.0. The van der Waals surface area contributed by atoms with Gasteiger partial charge in [-0.2, -0.15) is 0 Å². The molecule has 6 heteroatoms. The lowest BCUT2D eigenvalue weighted by Gasteiger charge is -2.27. The lowest BCUT2D eigenvalue weighted by molar-refractivity contribution is -0.124. The summed E-state index contributed by atoms with van der Waals surface area (Å²) < 4.78 is 0. The summed E-state index contributed by atoms with van der Waals surface area (Å²) in [7, 11) is 0. The highest BCUT2D eigenvalue weighted by molar-refractivity contribution is 7.12. The fourth-order valence-electron chi connectivity index (χ4n) is 1.77. The molecule has 0 aliphatic rings. The second kappa shape index (κ2) is 7.74. The maximum Gasteiger partial charge on any atom is 0.262 e. The van der Waals surface area contributed by atoms with Crippen LogP contribution in [0.5, 0.6) is 0 Å². The van der Waals surface area contributed by atoms with Crippen molar-refractivity contribution in [2.24, 2.45) is 11.3 Å². The monoisotopic (exact) mass is 326 g/mol. The van der Waals surface area contributed by atoms with Crippen LogP contribution in [0.15, 0.2) is 17.5 Å². The number of carbonyl (C=O) groups excluding carboxylic acids is 2. The van der Waals surface area contributed by atoms with Crippen LogP contribution in [0.1, 0.15) is 44.3 Å². The molecule has 2 amide bonds. The Morgan fingerprint density at radius 3 is 2.41 bits per heavy atom. The van der Waals surface area contributed by atoms with E-state index < -0.39 is 12.1 Å². The Morgan fingerprint density at radius 1 is 1.32 bits per heavy atom. The average Bonchev–Trinajstić information content (AvgIpc) is 2.94. The third kappa shape index (κ3) is 5.42. The van der Waals surface area contributed by atoms with Crippen LogP contribution in [0.4, 0.5) is 0 Å². The fourth-order valence-corrected chi connectivity index (χ4v) is 2.40. The van der Waals surface area contributed by atoms with Crippen molar-refractivity contribution in [1.82, 2.24) is 10.6 Å². The minimum Gasteiger partial charge on any atom is -0.391 e. The molecule has 1 aromatic rings. The van der Waals surface area contributed by atoms with E-state index in [9.17, 15) is 14.7 Å². The minimum absolute atomic E-state index is 0.0457. The highest BCUT2D eigenvalue weighted by Gasteiger charge is 2.27. The van der Waals surface area contributed by atoms with Gasteiger partial charge >= 0.3 is 0 Å². The van der Waals surface area contributed by atoms with Crippen LogP contribution in [-0.2, 0) is 4.79 Å². The van der Waals surface area contributed by atoms with Crippen molar-refractivity contribution in [3.8, 4) is 0 Å². The van der Waals surface area contributed by atoms with Crippen molar-refractivity contribution < 1.29 is 14.7 Å². The molecule has 3 N–H and O–H groups in total. The molecule has 0 fully saturated rings. The zero-order valence-corrected chi connectivity index (χ0v) is 14.7. The number of thiophene rings is 1. The molecule has 0 spiro atoms. The van der Waals surface area contributed by atoms with Crippen molar-refractivity contribution in [3.63, 3.8) is 0 Å². The second-order valence-corrected chi connectivity index (χ2v) is 7.75. The first-order valence-electron chi connectivity index (χ1n) is 7.43. The van der Waals surface area contributed by atoms with Gasteiger partial charge in [-0.25, -0.2) is 0 Å². The first kappa shape index (κ1) is 18.6. The van der Waals surface area contributed by atoms with Gasteiger partial charge in [0, 0.05) is 6.54 Å². The zero-order valence-electron chi connectivity index (χ0n) is 13.8. The third-order valence-electron chi connectivity index (χ3n) is 3.45. The van der Waals surface area contributed by atoms with Gasteiger partial charge in [0.2, 0.25) is 5.91 Å². The molecule has 0 saturated carbocycles. The van der Waals surface area contributed by atoms with Crippen molar-refractivity contribution in [2.75, 3.05) is 6.54 Å². The van der Waals surface area contributed by atoms with Crippen LogP contribution in [0.25, 0.3) is 0 Å². The molecule has 1 heterocycles. The number of aliphatic hydroxyl groups is 1. The van der Waals surface area contributed by atoms with Crippen LogP contribution in [-0.4, -0.2) is 35.6 Å². The molecular weight excluding hydrogens is 300 g/mol. The number of carbonyl (C=O) groups is 2. The molecule has 1 aromatic heterocycles. The molecule has 0 aliphatic heterocycles. The lowest BCUT2D eigenvalue weighted by Crippen LogP contribution is -2.51. The molecule has 1 rings (SSSR count). The van der Waals surface area contributed by atoms with E-state index in [-0.39, 0.29) is 29.7 Å². The third-order valence-corrected chi connectivity index (χ3v) is 4.32. The predicted molar refractivity (Wildman–Crippen MR) is 88.9 cm³/mol. The summed E-state index contributed by atoms with van der Waals surface area (Å²) in [6, 6.07) is 2.89. The van der Waals surface area contributed by atoms with Gasteiger partial charge < -0.3 is 15.7 Å². The topological polar surface area (TPSA) is 78.4 Å². The molecular formula is C16H26N2O3S. The van der Waals surface area contributed by atoms with E-state index in [0.29, 0.717) is 4.88 Å². The van der Waals surface area contributed by atoms with Crippen molar-refractivity contribution in [1.29, 1.82) is 0 Å². The van der Waals surface area contributed by atoms with Gasteiger partial charge in [0.25, 0.3) is 5.91 Å². The van der Waals surface area contributed by atoms with Crippen LogP contribution in [0.2, 0.25) is 0 Å². The summed E-state index contributed by atoms with van der Waals surface area (Å²) >= 11 is 1.33. The standard InChI is InChI=1S/C16H26N2O3S/c1-10(2)13(18-14(20)11-7-6-8-22-11)15(21)17-9-12(19)16(3,4)5/h6-8,10,12-13,19H,9H2,1-5H3,(H,17,21)(H,18,20). The Bertz CT molecular complexity index is 492. The van der Waals surface area contributed by atoms with E-state index in [1.54, 1.807) is 12.1 Å². The maximum absolute atomic E-state index is 12.3. The van der Waals surface area contributed by atoms with Crippen LogP contribution in [0.3, 0.4) is 0 Å². The number of hydrogen-bond acceptors (Lipinski definition) is 4. The Hall–Kier alpha value is -1.40. The number of rotatable bonds is 6. The highest BCUT2D eigenvalue weighted by atomic mass is 32.1. The van der Waals surface area contributed by atoms with E-state index in [4.69, 9.17) is 0 Å². The van der Waals surface area contributed by atoms with Crippen LogP contribution >= 0.6 is 11.3 Å². The maximum atomic E-state index is 12.3. The number of hydrogen-bond donors (Lipinski definition) is 3. The van der Waals surface area contributed by atoms with E-state index in [2.05, 4.69) is 10.6 Å². The van der Waals surface area contributed by atoms with Gasteiger partial charge in [-0.1, -0.05) is 40.7 Å². The van der Waals surface area contributed by atoms with Crippen LogP contribution < -0.4 is 10.6 Å². The summed E-state index contributed by atoms with van der Waals surface area (Å²) in [6.07, 6.45) is -0.641. The zero-order chi connectivity index (χ0) is 16.9. The molecule has 5 nitrogen and oxygen atoms in total. The first-order chi connectivity index (χ1) is 10.1. The van der Waals surface area contributed by atoms with E-state index in [1.165, 1.54) is 11.3 Å². The SMILES string of the molecule is CC(C)C(NC(=O)c1cccs1)C(=O)NCC(O)C(C)(C)C. The Morgan fingerprint density at radius 2 is 1.95 bits per heavy atom. The summed E-state index contributed by atoms with van der Waals surface area (Å²) in [5.74, 6) is -0.570. The molecule has 22 heavy (non-hydrogen) atoms.